The van der Waals surface area contributed by atoms with Gasteiger partial charge >= 0.3 is 6.03 Å². The molecule has 2 aromatic rings. The fourth-order valence-electron chi connectivity index (χ4n) is 2.01. The van der Waals surface area contributed by atoms with Crippen molar-refractivity contribution in [2.75, 3.05) is 19.5 Å². The van der Waals surface area contributed by atoms with E-state index in [9.17, 15) is 9.59 Å². The number of ether oxygens (including phenoxy) is 2. The molecular formula is C17H19N3O4. The number of aryl methyl sites for hydroxylation is 1. The summed E-state index contributed by atoms with van der Waals surface area (Å²) in [4.78, 5) is 23.9. The van der Waals surface area contributed by atoms with Gasteiger partial charge in [-0.05, 0) is 36.8 Å². The van der Waals surface area contributed by atoms with Crippen molar-refractivity contribution in [2.24, 2.45) is 0 Å². The lowest BCUT2D eigenvalue weighted by Crippen LogP contribution is -2.43. The first kappa shape index (κ1) is 17.1. The number of carbonyl (C=O) groups excluding carboxylic acids is 2. The molecule has 0 fully saturated rings. The second-order valence-corrected chi connectivity index (χ2v) is 5.00. The fourth-order valence-corrected chi connectivity index (χ4v) is 2.01. The van der Waals surface area contributed by atoms with Crippen LogP contribution in [-0.4, -0.2) is 26.2 Å². The van der Waals surface area contributed by atoms with E-state index in [1.54, 1.807) is 12.1 Å². The zero-order chi connectivity index (χ0) is 17.5. The van der Waals surface area contributed by atoms with Crippen LogP contribution in [0.4, 0.5) is 10.5 Å². The van der Waals surface area contributed by atoms with Crippen molar-refractivity contribution in [3.63, 3.8) is 0 Å². The normalized spacial score (nSPS) is 9.79. The molecule has 2 aromatic carbocycles. The van der Waals surface area contributed by atoms with Crippen LogP contribution in [0.3, 0.4) is 0 Å². The maximum absolute atomic E-state index is 12.1. The molecule has 3 amide bonds. The highest BCUT2D eigenvalue weighted by Gasteiger charge is 2.11. The van der Waals surface area contributed by atoms with Crippen molar-refractivity contribution in [1.82, 2.24) is 10.9 Å². The third kappa shape index (κ3) is 4.64. The van der Waals surface area contributed by atoms with Gasteiger partial charge < -0.3 is 14.8 Å². The molecule has 7 heteroatoms. The van der Waals surface area contributed by atoms with Crippen LogP contribution in [0.5, 0.6) is 11.5 Å². The summed E-state index contributed by atoms with van der Waals surface area (Å²) in [7, 11) is 2.98. The molecular weight excluding hydrogens is 310 g/mol. The lowest BCUT2D eigenvalue weighted by Gasteiger charge is -2.11. The topological polar surface area (TPSA) is 88.7 Å². The van der Waals surface area contributed by atoms with Crippen molar-refractivity contribution in [2.45, 2.75) is 6.92 Å². The van der Waals surface area contributed by atoms with E-state index in [0.29, 0.717) is 22.7 Å². The predicted octanol–water partition coefficient (Wildman–Crippen LogP) is 2.48. The van der Waals surface area contributed by atoms with E-state index in [-0.39, 0.29) is 0 Å². The number of nitrogens with one attached hydrogen (secondary N) is 3. The summed E-state index contributed by atoms with van der Waals surface area (Å²) in [5.74, 6) is 0.457. The molecule has 3 N–H and O–H groups in total. The van der Waals surface area contributed by atoms with Gasteiger partial charge in [0.1, 0.15) is 11.5 Å². The van der Waals surface area contributed by atoms with Gasteiger partial charge in [0, 0.05) is 17.3 Å². The summed E-state index contributed by atoms with van der Waals surface area (Å²) in [6.45, 7) is 1.92. The molecule has 0 aliphatic heterocycles. The molecule has 24 heavy (non-hydrogen) atoms. The van der Waals surface area contributed by atoms with Crippen LogP contribution in [-0.2, 0) is 0 Å². The second-order valence-electron chi connectivity index (χ2n) is 5.00. The fraction of sp³-hybridized carbons (Fsp3) is 0.176. The van der Waals surface area contributed by atoms with Crippen molar-refractivity contribution < 1.29 is 19.1 Å². The molecule has 0 aliphatic carbocycles. The maximum atomic E-state index is 12.1. The lowest BCUT2D eigenvalue weighted by molar-refractivity contribution is 0.0937. The van der Waals surface area contributed by atoms with E-state index in [4.69, 9.17) is 9.47 Å². The van der Waals surface area contributed by atoms with Crippen LogP contribution in [0.25, 0.3) is 0 Å². The third-order valence-electron chi connectivity index (χ3n) is 3.18. The number of hydrazine groups is 1. The van der Waals surface area contributed by atoms with Crippen LogP contribution in [0.15, 0.2) is 42.5 Å². The van der Waals surface area contributed by atoms with Crippen LogP contribution in [0.2, 0.25) is 0 Å². The highest BCUT2D eigenvalue weighted by molar-refractivity contribution is 5.97. The van der Waals surface area contributed by atoms with Crippen molar-refractivity contribution in [1.29, 1.82) is 0 Å². The quantitative estimate of drug-likeness (QED) is 0.752. The number of benzene rings is 2. The summed E-state index contributed by atoms with van der Waals surface area (Å²) in [6.07, 6.45) is 0. The van der Waals surface area contributed by atoms with Crippen molar-refractivity contribution in [3.05, 3.63) is 53.6 Å². The number of amides is 3. The van der Waals surface area contributed by atoms with Crippen molar-refractivity contribution >= 4 is 17.6 Å². The van der Waals surface area contributed by atoms with Gasteiger partial charge in [0.25, 0.3) is 5.91 Å². The molecule has 0 saturated carbocycles. The Balaban J connectivity index is 1.96. The monoisotopic (exact) mass is 329 g/mol. The molecule has 0 saturated heterocycles. The van der Waals surface area contributed by atoms with Gasteiger partial charge in [0.05, 0.1) is 14.2 Å². The van der Waals surface area contributed by atoms with Gasteiger partial charge in [-0.2, -0.15) is 0 Å². The van der Waals surface area contributed by atoms with Gasteiger partial charge in [-0.15, -0.1) is 0 Å². The van der Waals surface area contributed by atoms with Gasteiger partial charge in [0.15, 0.2) is 0 Å². The summed E-state index contributed by atoms with van der Waals surface area (Å²) >= 11 is 0. The zero-order valence-electron chi connectivity index (χ0n) is 13.7. The van der Waals surface area contributed by atoms with Crippen LogP contribution in [0.1, 0.15) is 15.9 Å². The summed E-state index contributed by atoms with van der Waals surface area (Å²) < 4.78 is 10.2. The number of hydrogen-bond acceptors (Lipinski definition) is 4. The molecule has 0 bridgehead atoms. The molecule has 0 radical (unpaired) electrons. The number of anilines is 1. The Morgan fingerprint density at radius 1 is 0.917 bits per heavy atom. The average Bonchev–Trinajstić information content (AvgIpc) is 2.59. The maximum Gasteiger partial charge on any atom is 0.337 e. The summed E-state index contributed by atoms with van der Waals surface area (Å²) in [5, 5.41) is 2.62. The average molecular weight is 329 g/mol. The first-order valence-electron chi connectivity index (χ1n) is 7.19. The lowest BCUT2D eigenvalue weighted by atomic mass is 10.2. The highest BCUT2D eigenvalue weighted by atomic mass is 16.5. The Morgan fingerprint density at radius 2 is 1.58 bits per heavy atom. The molecule has 7 nitrogen and oxygen atoms in total. The molecule has 0 unspecified atom stereocenters. The molecule has 0 spiro atoms. The smallest absolute Gasteiger partial charge is 0.337 e. The van der Waals surface area contributed by atoms with E-state index in [2.05, 4.69) is 16.2 Å². The Hall–Kier alpha value is -3.22. The minimum Gasteiger partial charge on any atom is -0.497 e. The number of urea groups is 1. The van der Waals surface area contributed by atoms with Gasteiger partial charge in [-0.1, -0.05) is 12.1 Å². The second kappa shape index (κ2) is 7.87. The molecule has 0 aliphatic rings. The standard InChI is InChI=1S/C17H19N3O4/c1-11-5-4-6-13(7-11)18-17(22)20-19-16(21)12-8-14(23-2)10-15(9-12)24-3/h4-10H,1-3H3,(H,19,21)(H2,18,20,22). The molecule has 2 rings (SSSR count). The SMILES string of the molecule is COc1cc(OC)cc(C(=O)NNC(=O)Nc2cccc(C)c2)c1. The number of carbonyl (C=O) groups is 2. The Labute approximate surface area is 139 Å². The molecule has 0 atom stereocenters. The summed E-state index contributed by atoms with van der Waals surface area (Å²) in [5.41, 5.74) is 6.55. The first-order valence-corrected chi connectivity index (χ1v) is 7.19. The number of methoxy groups -OCH3 is 2. The van der Waals surface area contributed by atoms with E-state index in [0.717, 1.165) is 5.56 Å². The summed E-state index contributed by atoms with van der Waals surface area (Å²) in [6, 6.07) is 11.5. The van der Waals surface area contributed by atoms with E-state index < -0.39 is 11.9 Å². The number of hydrogen-bond donors (Lipinski definition) is 3. The Morgan fingerprint density at radius 3 is 2.17 bits per heavy atom. The predicted molar refractivity (Wildman–Crippen MR) is 90.3 cm³/mol. The van der Waals surface area contributed by atoms with E-state index in [1.807, 2.05) is 25.1 Å². The van der Waals surface area contributed by atoms with Gasteiger partial charge in [-0.25, -0.2) is 10.2 Å². The van der Waals surface area contributed by atoms with Gasteiger partial charge in [0.2, 0.25) is 0 Å². The first-order chi connectivity index (χ1) is 11.5. The molecule has 126 valence electrons. The van der Waals surface area contributed by atoms with Gasteiger partial charge in [-0.3, -0.25) is 10.2 Å². The minimum absolute atomic E-state index is 0.294. The number of rotatable bonds is 4. The largest absolute Gasteiger partial charge is 0.497 e. The minimum atomic E-state index is -0.552. The Kier molecular flexibility index (Phi) is 5.62. The van der Waals surface area contributed by atoms with Crippen LogP contribution >= 0.6 is 0 Å². The van der Waals surface area contributed by atoms with E-state index in [1.165, 1.54) is 26.4 Å². The molecule has 0 heterocycles. The van der Waals surface area contributed by atoms with Crippen LogP contribution in [0, 0.1) is 6.92 Å². The Bertz CT molecular complexity index is 724. The van der Waals surface area contributed by atoms with E-state index >= 15 is 0 Å². The zero-order valence-corrected chi connectivity index (χ0v) is 13.7. The molecule has 0 aromatic heterocycles. The highest BCUT2D eigenvalue weighted by Crippen LogP contribution is 2.22. The van der Waals surface area contributed by atoms with Crippen molar-refractivity contribution in [3.8, 4) is 11.5 Å². The third-order valence-corrected chi connectivity index (χ3v) is 3.18. The van der Waals surface area contributed by atoms with Crippen LogP contribution < -0.4 is 25.6 Å².